The molecule has 10 heteroatoms. The zero-order chi connectivity index (χ0) is 22.8. The predicted octanol–water partition coefficient (Wildman–Crippen LogP) is 1.50. The molecule has 0 unspecified atom stereocenters. The van der Waals surface area contributed by atoms with E-state index in [-0.39, 0.29) is 24.0 Å². The monoisotopic (exact) mass is 453 g/mol. The number of likely N-dealkylation sites (tertiary alicyclic amines) is 1. The van der Waals surface area contributed by atoms with Crippen molar-refractivity contribution in [2.45, 2.75) is 25.4 Å². The maximum atomic E-state index is 13.3. The Morgan fingerprint density at radius 2 is 1.94 bits per heavy atom. The van der Waals surface area contributed by atoms with E-state index in [1.165, 1.54) is 27.9 Å². The van der Waals surface area contributed by atoms with Crippen LogP contribution in [0.5, 0.6) is 0 Å². The smallest absolute Gasteiger partial charge is 0.330 e. The van der Waals surface area contributed by atoms with Gasteiger partial charge in [0.1, 0.15) is 11.9 Å². The predicted molar refractivity (Wildman–Crippen MR) is 123 cm³/mol. The van der Waals surface area contributed by atoms with Crippen LogP contribution in [0, 0.1) is 0 Å². The summed E-state index contributed by atoms with van der Waals surface area (Å²) in [5.41, 5.74) is 5.51. The largest absolute Gasteiger partial charge is 0.383 e. The Bertz CT molecular complexity index is 1250. The number of hydrogen-bond acceptors (Lipinski definition) is 6. The molecule has 2 amide bonds. The Labute approximate surface area is 187 Å². The van der Waals surface area contributed by atoms with Crippen LogP contribution in [-0.4, -0.2) is 45.9 Å². The molecule has 1 aliphatic rings. The number of thiophene rings is 1. The number of anilines is 2. The van der Waals surface area contributed by atoms with Gasteiger partial charge in [-0.05, 0) is 29.9 Å². The van der Waals surface area contributed by atoms with E-state index in [9.17, 15) is 19.2 Å². The molecule has 4 rings (SSSR count). The summed E-state index contributed by atoms with van der Waals surface area (Å²) in [6, 6.07) is 12.0. The number of amides is 2. The van der Waals surface area contributed by atoms with Crippen molar-refractivity contribution >= 4 is 34.7 Å². The molecule has 9 nitrogen and oxygen atoms in total. The van der Waals surface area contributed by atoms with Gasteiger partial charge >= 0.3 is 5.69 Å². The van der Waals surface area contributed by atoms with Crippen LogP contribution in [0.25, 0.3) is 0 Å². The molecule has 3 aromatic rings. The molecule has 0 aliphatic carbocycles. The highest BCUT2D eigenvalue weighted by molar-refractivity contribution is 7.12. The number of nitrogens with zero attached hydrogens (tertiary/aromatic N) is 3. The molecule has 0 bridgehead atoms. The van der Waals surface area contributed by atoms with E-state index >= 15 is 0 Å². The molecule has 0 saturated carbocycles. The van der Waals surface area contributed by atoms with E-state index in [0.29, 0.717) is 24.3 Å². The van der Waals surface area contributed by atoms with Crippen molar-refractivity contribution < 1.29 is 9.59 Å². The van der Waals surface area contributed by atoms with Crippen molar-refractivity contribution in [1.82, 2.24) is 14.5 Å². The quantitative estimate of drug-likeness (QED) is 0.606. The van der Waals surface area contributed by atoms with Crippen LogP contribution < -0.4 is 21.9 Å². The third-order valence-corrected chi connectivity index (χ3v) is 6.45. The first kappa shape index (κ1) is 21.6. The molecule has 166 valence electrons. The maximum Gasteiger partial charge on any atom is 0.330 e. The van der Waals surface area contributed by atoms with E-state index in [2.05, 4.69) is 4.98 Å². The van der Waals surface area contributed by atoms with E-state index < -0.39 is 23.2 Å². The second-order valence-corrected chi connectivity index (χ2v) is 8.54. The Hall–Kier alpha value is -3.66. The number of carbonyl (C=O) groups excluding carboxylic acids is 2. The summed E-state index contributed by atoms with van der Waals surface area (Å²) < 4.78 is 1.22. The summed E-state index contributed by atoms with van der Waals surface area (Å²) in [6.45, 7) is 0.601. The highest BCUT2D eigenvalue weighted by Gasteiger charge is 2.37. The molecular formula is C22H23N5O4S. The fourth-order valence-corrected chi connectivity index (χ4v) is 4.65. The summed E-state index contributed by atoms with van der Waals surface area (Å²) in [4.78, 5) is 56.7. The van der Waals surface area contributed by atoms with Crippen LogP contribution in [0.2, 0.25) is 0 Å². The topological polar surface area (TPSA) is 121 Å². The van der Waals surface area contributed by atoms with Gasteiger partial charge in [0.25, 0.3) is 11.5 Å². The molecular weight excluding hydrogens is 430 g/mol. The van der Waals surface area contributed by atoms with Crippen molar-refractivity contribution in [3.63, 3.8) is 0 Å². The van der Waals surface area contributed by atoms with Crippen LogP contribution >= 0.6 is 11.3 Å². The Morgan fingerprint density at radius 3 is 2.62 bits per heavy atom. The minimum Gasteiger partial charge on any atom is -0.383 e. The number of nitrogen functional groups attached to an aromatic ring is 1. The Morgan fingerprint density at radius 1 is 1.19 bits per heavy atom. The number of likely N-dealkylation sites (N-methyl/N-ethyl adjacent to an activating group) is 1. The van der Waals surface area contributed by atoms with Crippen LogP contribution in [0.15, 0.2) is 57.4 Å². The Balaban J connectivity index is 1.65. The molecule has 1 atom stereocenters. The van der Waals surface area contributed by atoms with Crippen LogP contribution in [0.1, 0.15) is 28.1 Å². The van der Waals surface area contributed by atoms with Crippen LogP contribution in [0.4, 0.5) is 11.5 Å². The minimum absolute atomic E-state index is 0.104. The fourth-order valence-electron chi connectivity index (χ4n) is 3.97. The lowest BCUT2D eigenvalue weighted by molar-refractivity contribution is -0.122. The second-order valence-electron chi connectivity index (χ2n) is 7.60. The molecule has 3 N–H and O–H groups in total. The molecule has 3 heterocycles. The standard InChI is InChI=1S/C22H23N5O4S/c1-25(20(29)15-9-5-11-26(15)21(30)16-10-6-12-32-16)17-18(23)27(22(31)24-19(17)28)13-14-7-3-2-4-8-14/h2-4,6-8,10,12,15H,5,9,11,13,23H2,1H3,(H,24,28,31)/t15-/m0/s1. The summed E-state index contributed by atoms with van der Waals surface area (Å²) in [7, 11) is 1.44. The first-order valence-corrected chi connectivity index (χ1v) is 11.0. The van der Waals surface area contributed by atoms with Gasteiger partial charge < -0.3 is 15.5 Å². The van der Waals surface area contributed by atoms with Gasteiger partial charge in [0.15, 0.2) is 5.69 Å². The molecule has 1 aromatic carbocycles. The average molecular weight is 454 g/mol. The zero-order valence-electron chi connectivity index (χ0n) is 17.5. The highest BCUT2D eigenvalue weighted by Crippen LogP contribution is 2.26. The van der Waals surface area contributed by atoms with Crippen molar-refractivity contribution in [2.75, 3.05) is 24.2 Å². The van der Waals surface area contributed by atoms with Gasteiger partial charge in [-0.2, -0.15) is 0 Å². The van der Waals surface area contributed by atoms with E-state index in [1.54, 1.807) is 12.1 Å². The van der Waals surface area contributed by atoms with Gasteiger partial charge in [0.2, 0.25) is 5.91 Å². The molecule has 0 spiro atoms. The third kappa shape index (κ3) is 3.96. The lowest BCUT2D eigenvalue weighted by Crippen LogP contribution is -2.48. The summed E-state index contributed by atoms with van der Waals surface area (Å²) in [6.07, 6.45) is 1.17. The minimum atomic E-state index is -0.748. The number of aromatic nitrogens is 2. The van der Waals surface area contributed by atoms with Gasteiger partial charge in [-0.25, -0.2) is 4.79 Å². The number of nitrogens with one attached hydrogen (secondary N) is 1. The van der Waals surface area contributed by atoms with E-state index in [4.69, 9.17) is 5.73 Å². The number of H-pyrrole nitrogens is 1. The molecule has 0 radical (unpaired) electrons. The van der Waals surface area contributed by atoms with Crippen LogP contribution in [0.3, 0.4) is 0 Å². The SMILES string of the molecule is CN(C(=O)[C@@H]1CCCN1C(=O)c1cccs1)c1c(N)n(Cc2ccccc2)c(=O)[nH]c1=O. The second kappa shape index (κ2) is 8.83. The number of rotatable bonds is 5. The number of nitrogens with two attached hydrogens (primary N) is 1. The first-order valence-electron chi connectivity index (χ1n) is 10.2. The number of benzene rings is 1. The van der Waals surface area contributed by atoms with E-state index in [1.807, 2.05) is 35.7 Å². The van der Waals surface area contributed by atoms with Gasteiger partial charge in [0.05, 0.1) is 11.4 Å². The zero-order valence-corrected chi connectivity index (χ0v) is 18.3. The van der Waals surface area contributed by atoms with Gasteiger partial charge in [-0.15, -0.1) is 11.3 Å². The maximum absolute atomic E-state index is 13.3. The van der Waals surface area contributed by atoms with Crippen LogP contribution in [-0.2, 0) is 11.3 Å². The first-order chi connectivity index (χ1) is 15.4. The van der Waals surface area contributed by atoms with Gasteiger partial charge in [-0.3, -0.25) is 23.9 Å². The van der Waals surface area contributed by atoms with E-state index in [0.717, 1.165) is 10.5 Å². The highest BCUT2D eigenvalue weighted by atomic mass is 32.1. The number of hydrogen-bond donors (Lipinski definition) is 2. The van der Waals surface area contributed by atoms with Gasteiger partial charge in [-0.1, -0.05) is 36.4 Å². The Kier molecular flexibility index (Phi) is 5.95. The fraction of sp³-hybridized carbons (Fsp3) is 0.273. The van der Waals surface area contributed by atoms with Crippen molar-refractivity contribution in [3.05, 3.63) is 79.1 Å². The molecule has 2 aromatic heterocycles. The van der Waals surface area contributed by atoms with Crippen molar-refractivity contribution in [1.29, 1.82) is 0 Å². The number of aromatic amines is 1. The third-order valence-electron chi connectivity index (χ3n) is 5.59. The summed E-state index contributed by atoms with van der Waals surface area (Å²) >= 11 is 1.32. The summed E-state index contributed by atoms with van der Waals surface area (Å²) in [5.74, 6) is -0.734. The molecule has 1 fully saturated rings. The molecule has 1 aliphatic heterocycles. The van der Waals surface area contributed by atoms with Crippen molar-refractivity contribution in [2.24, 2.45) is 0 Å². The normalized spacial score (nSPS) is 15.7. The van der Waals surface area contributed by atoms with Crippen molar-refractivity contribution in [3.8, 4) is 0 Å². The lowest BCUT2D eigenvalue weighted by Gasteiger charge is -2.28. The molecule has 32 heavy (non-hydrogen) atoms. The number of carbonyl (C=O) groups is 2. The summed E-state index contributed by atoms with van der Waals surface area (Å²) in [5, 5.41) is 1.81. The van der Waals surface area contributed by atoms with Gasteiger partial charge in [0, 0.05) is 13.6 Å². The molecule has 1 saturated heterocycles. The lowest BCUT2D eigenvalue weighted by atomic mass is 10.1. The average Bonchev–Trinajstić information content (AvgIpc) is 3.48.